The van der Waals surface area contributed by atoms with E-state index in [1.165, 1.54) is 18.2 Å². The Bertz CT molecular complexity index is 440. The molecule has 4 heteroatoms. The summed E-state index contributed by atoms with van der Waals surface area (Å²) in [5, 5.41) is 3.08. The topological polar surface area (TPSA) is 38.3 Å². The Morgan fingerprint density at radius 2 is 2.20 bits per heavy atom. The third kappa shape index (κ3) is 1.25. The fourth-order valence-corrected chi connectivity index (χ4v) is 2.07. The van der Waals surface area contributed by atoms with Crippen molar-refractivity contribution in [2.45, 2.75) is 12.0 Å². The summed E-state index contributed by atoms with van der Waals surface area (Å²) >= 11 is 0. The molecule has 0 saturated carbocycles. The van der Waals surface area contributed by atoms with E-state index in [4.69, 9.17) is 4.74 Å². The van der Waals surface area contributed by atoms with Crippen LogP contribution in [0.4, 0.5) is 4.39 Å². The first-order valence-electron chi connectivity index (χ1n) is 4.91. The molecule has 0 atom stereocenters. The molecule has 0 aliphatic carbocycles. The number of fused-ring (bicyclic) bond motifs is 1. The van der Waals surface area contributed by atoms with E-state index in [-0.39, 0.29) is 11.4 Å². The second kappa shape index (κ2) is 2.79. The highest BCUT2D eigenvalue weighted by atomic mass is 19.1. The second-order valence-corrected chi connectivity index (χ2v) is 4.13. The first kappa shape index (κ1) is 8.85. The number of ketones is 1. The van der Waals surface area contributed by atoms with Gasteiger partial charge in [-0.3, -0.25) is 4.79 Å². The second-order valence-electron chi connectivity index (χ2n) is 4.13. The van der Waals surface area contributed by atoms with Gasteiger partial charge in [0.25, 0.3) is 0 Å². The van der Waals surface area contributed by atoms with Crippen LogP contribution in [0.3, 0.4) is 0 Å². The molecule has 0 unspecified atom stereocenters. The largest absolute Gasteiger partial charge is 0.483 e. The van der Waals surface area contributed by atoms with E-state index in [0.717, 1.165) is 0 Å². The lowest BCUT2D eigenvalue weighted by Gasteiger charge is -2.44. The Morgan fingerprint density at radius 3 is 2.87 bits per heavy atom. The minimum atomic E-state index is -0.395. The highest BCUT2D eigenvalue weighted by Gasteiger charge is 2.45. The van der Waals surface area contributed by atoms with Gasteiger partial charge in [0.2, 0.25) is 0 Å². The molecule has 1 N–H and O–H groups in total. The number of halogens is 1. The molecule has 2 aliphatic heterocycles. The van der Waals surface area contributed by atoms with Crippen molar-refractivity contribution < 1.29 is 13.9 Å². The van der Waals surface area contributed by atoms with Gasteiger partial charge in [-0.25, -0.2) is 4.39 Å². The van der Waals surface area contributed by atoms with Crippen molar-refractivity contribution in [1.29, 1.82) is 0 Å². The van der Waals surface area contributed by atoms with Gasteiger partial charge >= 0.3 is 0 Å². The zero-order valence-corrected chi connectivity index (χ0v) is 8.05. The van der Waals surface area contributed by atoms with Gasteiger partial charge in [0.05, 0.1) is 12.0 Å². The molecule has 15 heavy (non-hydrogen) atoms. The Hall–Kier alpha value is -1.42. The summed E-state index contributed by atoms with van der Waals surface area (Å²) in [6.07, 6.45) is 0.344. The van der Waals surface area contributed by atoms with Gasteiger partial charge in [-0.1, -0.05) is 0 Å². The zero-order valence-electron chi connectivity index (χ0n) is 8.05. The van der Waals surface area contributed by atoms with Crippen molar-refractivity contribution in [3.63, 3.8) is 0 Å². The molecule has 1 aromatic rings. The molecule has 1 saturated heterocycles. The molecule has 2 aliphatic rings. The molecule has 0 radical (unpaired) electrons. The van der Waals surface area contributed by atoms with Crippen molar-refractivity contribution in [3.8, 4) is 5.75 Å². The maximum absolute atomic E-state index is 12.9. The maximum atomic E-state index is 12.9. The van der Waals surface area contributed by atoms with Gasteiger partial charge in [-0.2, -0.15) is 0 Å². The quantitative estimate of drug-likeness (QED) is 0.693. The maximum Gasteiger partial charge on any atom is 0.170 e. The SMILES string of the molecule is O=C1CC2(CNC2)Oc2ccc(F)cc21. The molecular formula is C11H10FNO2. The van der Waals surface area contributed by atoms with Crippen LogP contribution in [0.5, 0.6) is 5.75 Å². The van der Waals surface area contributed by atoms with Gasteiger partial charge in [0, 0.05) is 13.1 Å². The normalized spacial score (nSPS) is 21.8. The summed E-state index contributed by atoms with van der Waals surface area (Å²) < 4.78 is 18.7. The summed E-state index contributed by atoms with van der Waals surface area (Å²) in [7, 11) is 0. The number of benzene rings is 1. The molecule has 3 rings (SSSR count). The predicted molar refractivity (Wildman–Crippen MR) is 51.6 cm³/mol. The molecule has 1 spiro atoms. The Balaban J connectivity index is 2.04. The van der Waals surface area contributed by atoms with E-state index >= 15 is 0 Å². The highest BCUT2D eigenvalue weighted by Crippen LogP contribution is 2.35. The van der Waals surface area contributed by atoms with Crippen LogP contribution in [0.1, 0.15) is 16.8 Å². The van der Waals surface area contributed by atoms with Crippen molar-refractivity contribution >= 4 is 5.78 Å². The van der Waals surface area contributed by atoms with Crippen LogP contribution >= 0.6 is 0 Å². The number of carbonyl (C=O) groups is 1. The van der Waals surface area contributed by atoms with Crippen molar-refractivity contribution in [2.75, 3.05) is 13.1 Å². The Morgan fingerprint density at radius 1 is 1.40 bits per heavy atom. The van der Waals surface area contributed by atoms with Crippen LogP contribution in [0.2, 0.25) is 0 Å². The Kier molecular flexibility index (Phi) is 1.65. The molecule has 78 valence electrons. The van der Waals surface area contributed by atoms with Crippen LogP contribution in [0.15, 0.2) is 18.2 Å². The molecule has 3 nitrogen and oxygen atoms in total. The average Bonchev–Trinajstić information content (AvgIpc) is 2.16. The number of rotatable bonds is 0. The average molecular weight is 207 g/mol. The summed E-state index contributed by atoms with van der Waals surface area (Å²) in [5.41, 5.74) is -0.00502. The fourth-order valence-electron chi connectivity index (χ4n) is 2.07. The number of carbonyl (C=O) groups excluding carboxylic acids is 1. The molecule has 2 heterocycles. The lowest BCUT2D eigenvalue weighted by Crippen LogP contribution is -2.65. The lowest BCUT2D eigenvalue weighted by atomic mass is 9.85. The van der Waals surface area contributed by atoms with E-state index in [9.17, 15) is 9.18 Å². The van der Waals surface area contributed by atoms with Crippen LogP contribution in [-0.2, 0) is 0 Å². The molecule has 0 aromatic heterocycles. The molecular weight excluding hydrogens is 197 g/mol. The number of nitrogens with one attached hydrogen (secondary N) is 1. The Labute approximate surface area is 86.2 Å². The van der Waals surface area contributed by atoms with Crippen LogP contribution in [-0.4, -0.2) is 24.5 Å². The van der Waals surface area contributed by atoms with Crippen LogP contribution < -0.4 is 10.1 Å². The molecule has 0 bridgehead atoms. The summed E-state index contributed by atoms with van der Waals surface area (Å²) in [6, 6.07) is 4.09. The fraction of sp³-hybridized carbons (Fsp3) is 0.364. The smallest absolute Gasteiger partial charge is 0.170 e. The van der Waals surface area contributed by atoms with Crippen molar-refractivity contribution in [1.82, 2.24) is 5.32 Å². The first-order chi connectivity index (χ1) is 7.19. The third-order valence-corrected chi connectivity index (χ3v) is 2.95. The van der Waals surface area contributed by atoms with Gasteiger partial charge < -0.3 is 10.1 Å². The van der Waals surface area contributed by atoms with Gasteiger partial charge in [0.15, 0.2) is 5.78 Å². The summed E-state index contributed by atoms with van der Waals surface area (Å²) in [6.45, 7) is 1.38. The minimum absolute atomic E-state index is 0.0303. The van der Waals surface area contributed by atoms with E-state index in [1.54, 1.807) is 0 Å². The number of ether oxygens (including phenoxy) is 1. The lowest BCUT2D eigenvalue weighted by molar-refractivity contribution is 0.00230. The van der Waals surface area contributed by atoms with Crippen molar-refractivity contribution in [3.05, 3.63) is 29.6 Å². The summed E-state index contributed by atoms with van der Waals surface area (Å²) in [5.74, 6) is 0.0831. The van der Waals surface area contributed by atoms with Gasteiger partial charge in [-0.05, 0) is 18.2 Å². The number of hydrogen-bond donors (Lipinski definition) is 1. The van der Waals surface area contributed by atoms with Crippen molar-refractivity contribution in [2.24, 2.45) is 0 Å². The van der Waals surface area contributed by atoms with Crippen LogP contribution in [0.25, 0.3) is 0 Å². The zero-order chi connectivity index (χ0) is 10.5. The van der Waals surface area contributed by atoms with E-state index in [2.05, 4.69) is 5.32 Å². The molecule has 1 fully saturated rings. The van der Waals surface area contributed by atoms with E-state index in [1.807, 2.05) is 0 Å². The molecule has 0 amide bonds. The van der Waals surface area contributed by atoms with E-state index in [0.29, 0.717) is 30.8 Å². The number of Topliss-reactive ketones (excluding diaryl/α,β-unsaturated/α-hetero) is 1. The first-order valence-corrected chi connectivity index (χ1v) is 4.91. The third-order valence-electron chi connectivity index (χ3n) is 2.95. The minimum Gasteiger partial charge on any atom is -0.483 e. The summed E-state index contributed by atoms with van der Waals surface area (Å²) in [4.78, 5) is 11.8. The van der Waals surface area contributed by atoms with Gasteiger partial charge in [-0.15, -0.1) is 0 Å². The standard InChI is InChI=1S/C11H10FNO2/c12-7-1-2-10-8(3-7)9(14)4-11(15-10)5-13-6-11/h1-3,13H,4-6H2. The predicted octanol–water partition coefficient (Wildman–Crippen LogP) is 1.13. The number of hydrogen-bond acceptors (Lipinski definition) is 3. The van der Waals surface area contributed by atoms with E-state index < -0.39 is 5.82 Å². The highest BCUT2D eigenvalue weighted by molar-refractivity contribution is 6.00. The van der Waals surface area contributed by atoms with Crippen LogP contribution in [0, 0.1) is 5.82 Å². The molecule has 1 aromatic carbocycles. The van der Waals surface area contributed by atoms with Gasteiger partial charge in [0.1, 0.15) is 17.2 Å². The monoisotopic (exact) mass is 207 g/mol.